The van der Waals surface area contributed by atoms with Gasteiger partial charge in [0, 0.05) is 17.3 Å². The fourth-order valence-corrected chi connectivity index (χ4v) is 3.39. The first kappa shape index (κ1) is 20.3. The Labute approximate surface area is 177 Å². The predicted octanol–water partition coefficient (Wildman–Crippen LogP) is 3.41. The van der Waals surface area contributed by atoms with Crippen molar-refractivity contribution in [3.8, 4) is 0 Å². The van der Waals surface area contributed by atoms with Crippen LogP contribution in [0.2, 0.25) is 0 Å². The third-order valence-electron chi connectivity index (χ3n) is 5.00. The number of unbranched alkanes of at least 4 members (excludes halogenated alkanes) is 2. The van der Waals surface area contributed by atoms with Gasteiger partial charge in [0.1, 0.15) is 5.58 Å². The molecule has 2 amide bonds. The van der Waals surface area contributed by atoms with Crippen LogP contribution in [0.1, 0.15) is 47.2 Å². The number of fused-ring (bicyclic) bond motifs is 2. The van der Waals surface area contributed by atoms with E-state index in [-0.39, 0.29) is 17.0 Å². The molecule has 2 N–H and O–H groups in total. The number of furan rings is 1. The van der Waals surface area contributed by atoms with Gasteiger partial charge in [0.05, 0.1) is 5.39 Å². The largest absolute Gasteiger partial charge is 0.451 e. The number of carbonyl (C=O) groups is 2. The monoisotopic (exact) mass is 418 g/mol. The second kappa shape index (κ2) is 8.83. The molecule has 4 aromatic rings. The molecule has 0 unspecified atom stereocenters. The number of aromatic nitrogens is 2. The van der Waals surface area contributed by atoms with E-state index in [1.54, 1.807) is 36.4 Å². The zero-order valence-corrected chi connectivity index (χ0v) is 17.1. The minimum absolute atomic E-state index is 0.0663. The molecule has 31 heavy (non-hydrogen) atoms. The fraction of sp³-hybridized carbons (Fsp3) is 0.217. The van der Waals surface area contributed by atoms with Crippen LogP contribution in [-0.2, 0) is 6.54 Å². The van der Waals surface area contributed by atoms with Gasteiger partial charge < -0.3 is 4.42 Å². The topological polar surface area (TPSA) is 106 Å². The first-order chi connectivity index (χ1) is 15.1. The van der Waals surface area contributed by atoms with Crippen LogP contribution in [0.25, 0.3) is 21.7 Å². The summed E-state index contributed by atoms with van der Waals surface area (Å²) in [5.41, 5.74) is 5.12. The molecule has 2 heterocycles. The number of hydrazine groups is 1. The van der Waals surface area contributed by atoms with Crippen molar-refractivity contribution >= 4 is 33.6 Å². The number of aryl methyl sites for hydroxylation is 1. The molecule has 0 atom stereocenters. The summed E-state index contributed by atoms with van der Waals surface area (Å²) in [5.74, 6) is -1.14. The summed E-state index contributed by atoms with van der Waals surface area (Å²) in [4.78, 5) is 38.0. The van der Waals surface area contributed by atoms with Crippen LogP contribution in [0.3, 0.4) is 0 Å². The molecule has 0 saturated heterocycles. The first-order valence-corrected chi connectivity index (χ1v) is 10.2. The molecule has 2 aromatic heterocycles. The molecule has 2 aromatic carbocycles. The number of hydrogen-bond acceptors (Lipinski definition) is 5. The third kappa shape index (κ3) is 4.18. The lowest BCUT2D eigenvalue weighted by molar-refractivity contribution is 0.0829. The average molecular weight is 418 g/mol. The molecule has 158 valence electrons. The van der Waals surface area contributed by atoms with Crippen LogP contribution in [0, 0.1) is 0 Å². The standard InChI is InChI=1S/C23H22N4O4/c1-2-3-8-13-27-23(30)17-11-6-5-10-16(17)20(26-27)22(29)25-24-21(28)19-14-15-9-4-7-12-18(15)31-19/h4-7,9-12,14H,2-3,8,13H2,1H3,(H,24,28)(H,25,29). The number of amides is 2. The van der Waals surface area contributed by atoms with Gasteiger partial charge in [-0.1, -0.05) is 56.2 Å². The Morgan fingerprint density at radius 2 is 1.68 bits per heavy atom. The number of benzene rings is 2. The van der Waals surface area contributed by atoms with Gasteiger partial charge in [-0.3, -0.25) is 25.2 Å². The minimum atomic E-state index is -0.620. The molecule has 8 heteroatoms. The molecule has 0 aliphatic heterocycles. The van der Waals surface area contributed by atoms with E-state index in [1.807, 2.05) is 18.2 Å². The Balaban J connectivity index is 1.57. The van der Waals surface area contributed by atoms with Crippen LogP contribution in [-0.4, -0.2) is 21.6 Å². The number of para-hydroxylation sites is 1. The van der Waals surface area contributed by atoms with Crippen LogP contribution >= 0.6 is 0 Å². The number of nitrogens with zero attached hydrogens (tertiary/aromatic N) is 2. The van der Waals surface area contributed by atoms with Gasteiger partial charge in [0.15, 0.2) is 11.5 Å². The summed E-state index contributed by atoms with van der Waals surface area (Å²) in [5, 5.41) is 5.89. The van der Waals surface area contributed by atoms with E-state index >= 15 is 0 Å². The number of carbonyl (C=O) groups excluding carboxylic acids is 2. The Kier molecular flexibility index (Phi) is 5.79. The van der Waals surface area contributed by atoms with Crippen molar-refractivity contribution < 1.29 is 14.0 Å². The average Bonchev–Trinajstić information content (AvgIpc) is 3.23. The highest BCUT2D eigenvalue weighted by atomic mass is 16.3. The highest BCUT2D eigenvalue weighted by Gasteiger charge is 2.18. The smallest absolute Gasteiger partial charge is 0.305 e. The van der Waals surface area contributed by atoms with Gasteiger partial charge in [0.25, 0.3) is 11.5 Å². The minimum Gasteiger partial charge on any atom is -0.451 e. The van der Waals surface area contributed by atoms with Crippen molar-refractivity contribution in [3.05, 3.63) is 76.4 Å². The summed E-state index contributed by atoms with van der Waals surface area (Å²) >= 11 is 0. The van der Waals surface area contributed by atoms with Gasteiger partial charge in [-0.15, -0.1) is 0 Å². The van der Waals surface area contributed by atoms with Crippen LogP contribution in [0.4, 0.5) is 0 Å². The SMILES string of the molecule is CCCCCn1nc(C(=O)NNC(=O)c2cc3ccccc3o2)c2ccccc2c1=O. The normalized spacial score (nSPS) is 11.0. The van der Waals surface area contributed by atoms with Gasteiger partial charge >= 0.3 is 5.91 Å². The molecule has 0 aliphatic rings. The zero-order chi connectivity index (χ0) is 21.8. The van der Waals surface area contributed by atoms with Gasteiger partial charge in [-0.05, 0) is 24.6 Å². The van der Waals surface area contributed by atoms with Crippen molar-refractivity contribution in [2.75, 3.05) is 0 Å². The summed E-state index contributed by atoms with van der Waals surface area (Å²) in [6, 6.07) is 15.6. The van der Waals surface area contributed by atoms with Crippen LogP contribution in [0.15, 0.2) is 63.8 Å². The van der Waals surface area contributed by atoms with Crippen LogP contribution in [0.5, 0.6) is 0 Å². The van der Waals surface area contributed by atoms with E-state index in [9.17, 15) is 14.4 Å². The highest BCUT2D eigenvalue weighted by molar-refractivity contribution is 6.06. The molecule has 8 nitrogen and oxygen atoms in total. The molecule has 0 radical (unpaired) electrons. The van der Waals surface area contributed by atoms with E-state index in [4.69, 9.17) is 4.42 Å². The van der Waals surface area contributed by atoms with E-state index in [2.05, 4.69) is 22.9 Å². The molecule has 0 bridgehead atoms. The fourth-order valence-electron chi connectivity index (χ4n) is 3.39. The Morgan fingerprint density at radius 1 is 0.968 bits per heavy atom. The molecular formula is C23H22N4O4. The van der Waals surface area contributed by atoms with E-state index in [0.717, 1.165) is 24.6 Å². The molecule has 0 spiro atoms. The molecule has 0 fully saturated rings. The van der Waals surface area contributed by atoms with E-state index in [0.29, 0.717) is 22.9 Å². The van der Waals surface area contributed by atoms with Gasteiger partial charge in [0.2, 0.25) is 0 Å². The molecule has 0 aliphatic carbocycles. The van der Waals surface area contributed by atoms with E-state index < -0.39 is 11.8 Å². The third-order valence-corrected chi connectivity index (χ3v) is 5.00. The highest BCUT2D eigenvalue weighted by Crippen LogP contribution is 2.18. The lowest BCUT2D eigenvalue weighted by atomic mass is 10.1. The lowest BCUT2D eigenvalue weighted by Crippen LogP contribution is -2.42. The molecule has 4 rings (SSSR count). The van der Waals surface area contributed by atoms with Crippen molar-refractivity contribution in [1.82, 2.24) is 20.6 Å². The predicted molar refractivity (Wildman–Crippen MR) is 117 cm³/mol. The van der Waals surface area contributed by atoms with Crippen molar-refractivity contribution in [1.29, 1.82) is 0 Å². The Morgan fingerprint density at radius 3 is 2.45 bits per heavy atom. The zero-order valence-electron chi connectivity index (χ0n) is 17.1. The number of hydrogen-bond donors (Lipinski definition) is 2. The summed E-state index contributed by atoms with van der Waals surface area (Å²) in [6.45, 7) is 2.49. The summed E-state index contributed by atoms with van der Waals surface area (Å²) < 4.78 is 6.82. The van der Waals surface area contributed by atoms with Gasteiger partial charge in [-0.25, -0.2) is 4.68 Å². The van der Waals surface area contributed by atoms with Crippen molar-refractivity contribution in [2.24, 2.45) is 0 Å². The summed E-state index contributed by atoms with van der Waals surface area (Å²) in [7, 11) is 0. The second-order valence-electron chi connectivity index (χ2n) is 7.19. The lowest BCUT2D eigenvalue weighted by Gasteiger charge is -2.11. The quantitative estimate of drug-likeness (QED) is 0.369. The molecule has 0 saturated carbocycles. The second-order valence-corrected chi connectivity index (χ2v) is 7.19. The van der Waals surface area contributed by atoms with E-state index in [1.165, 1.54) is 4.68 Å². The Hall–Kier alpha value is -3.94. The Bertz CT molecular complexity index is 1290. The summed E-state index contributed by atoms with van der Waals surface area (Å²) in [6.07, 6.45) is 2.74. The van der Waals surface area contributed by atoms with Gasteiger partial charge in [-0.2, -0.15) is 5.10 Å². The van der Waals surface area contributed by atoms with Crippen molar-refractivity contribution in [3.63, 3.8) is 0 Å². The van der Waals surface area contributed by atoms with Crippen LogP contribution < -0.4 is 16.4 Å². The maximum Gasteiger partial charge on any atom is 0.305 e. The maximum atomic E-state index is 12.8. The number of rotatable bonds is 6. The molecular weight excluding hydrogens is 396 g/mol. The first-order valence-electron chi connectivity index (χ1n) is 10.2. The van der Waals surface area contributed by atoms with Crippen molar-refractivity contribution in [2.45, 2.75) is 32.7 Å². The maximum absolute atomic E-state index is 12.8. The number of nitrogens with one attached hydrogen (secondary N) is 2.